The van der Waals surface area contributed by atoms with E-state index in [0.29, 0.717) is 0 Å². The van der Waals surface area contributed by atoms with Gasteiger partial charge in [0.1, 0.15) is 0 Å². The maximum atomic E-state index is 9.37. The lowest BCUT2D eigenvalue weighted by Gasteiger charge is -2.17. The average Bonchev–Trinajstić information content (AvgIpc) is 2.12. The Bertz CT molecular complexity index is 311. The van der Waals surface area contributed by atoms with Crippen molar-refractivity contribution in [3.63, 3.8) is 0 Å². The van der Waals surface area contributed by atoms with Crippen LogP contribution in [0.3, 0.4) is 0 Å². The van der Waals surface area contributed by atoms with Crippen LogP contribution in [0, 0.1) is 13.8 Å². The van der Waals surface area contributed by atoms with Gasteiger partial charge in [0.2, 0.25) is 0 Å². The highest BCUT2D eigenvalue weighted by Gasteiger charge is 2.13. The predicted molar refractivity (Wildman–Crippen MR) is 58.9 cm³/mol. The van der Waals surface area contributed by atoms with Gasteiger partial charge in [0.15, 0.2) is 0 Å². The lowest BCUT2D eigenvalue weighted by molar-refractivity contribution is 0.164. The lowest BCUT2D eigenvalue weighted by atomic mass is 9.97. The number of aryl methyl sites for hydroxylation is 2. The first-order chi connectivity index (χ1) is 6.43. The van der Waals surface area contributed by atoms with E-state index in [2.05, 4.69) is 0 Å². The molecule has 3 heteroatoms. The lowest BCUT2D eigenvalue weighted by Crippen LogP contribution is -2.23. The molecule has 0 heterocycles. The SMILES string of the molecule is Cc1cc([C@H](N)[C@H](C)O)cc(C)c1N. The van der Waals surface area contributed by atoms with Crippen LogP contribution in [0.4, 0.5) is 5.69 Å². The molecule has 0 aliphatic heterocycles. The van der Waals surface area contributed by atoms with E-state index in [9.17, 15) is 5.11 Å². The Morgan fingerprint density at radius 1 is 1.21 bits per heavy atom. The van der Waals surface area contributed by atoms with Gasteiger partial charge in [0.25, 0.3) is 0 Å². The monoisotopic (exact) mass is 194 g/mol. The molecule has 78 valence electrons. The van der Waals surface area contributed by atoms with E-state index in [4.69, 9.17) is 11.5 Å². The van der Waals surface area contributed by atoms with E-state index in [0.717, 1.165) is 22.4 Å². The number of nitrogens with two attached hydrogens (primary N) is 2. The molecule has 1 rings (SSSR count). The minimum absolute atomic E-state index is 0.340. The smallest absolute Gasteiger partial charge is 0.0704 e. The van der Waals surface area contributed by atoms with Crippen LogP contribution < -0.4 is 11.5 Å². The summed E-state index contributed by atoms with van der Waals surface area (Å²) in [5.41, 5.74) is 15.4. The fraction of sp³-hybridized carbons (Fsp3) is 0.455. The largest absolute Gasteiger partial charge is 0.398 e. The molecule has 0 saturated heterocycles. The number of rotatable bonds is 2. The summed E-state index contributed by atoms with van der Waals surface area (Å²) >= 11 is 0. The van der Waals surface area contributed by atoms with Crippen LogP contribution in [-0.4, -0.2) is 11.2 Å². The normalized spacial score (nSPS) is 15.2. The number of aliphatic hydroxyl groups is 1. The molecule has 5 N–H and O–H groups in total. The molecule has 0 spiro atoms. The highest BCUT2D eigenvalue weighted by Crippen LogP contribution is 2.23. The van der Waals surface area contributed by atoms with Gasteiger partial charge in [-0.3, -0.25) is 0 Å². The fourth-order valence-corrected chi connectivity index (χ4v) is 1.48. The Kier molecular flexibility index (Phi) is 3.13. The van der Waals surface area contributed by atoms with E-state index in [1.54, 1.807) is 6.92 Å². The summed E-state index contributed by atoms with van der Waals surface area (Å²) in [5.74, 6) is 0. The van der Waals surface area contributed by atoms with Crippen molar-refractivity contribution in [3.05, 3.63) is 28.8 Å². The third-order valence-corrected chi connectivity index (χ3v) is 2.52. The van der Waals surface area contributed by atoms with Crippen molar-refractivity contribution < 1.29 is 5.11 Å². The number of nitrogen functional groups attached to an aromatic ring is 1. The summed E-state index contributed by atoms with van der Waals surface area (Å²) in [6, 6.07) is 3.52. The topological polar surface area (TPSA) is 72.3 Å². The minimum atomic E-state index is -0.544. The summed E-state index contributed by atoms with van der Waals surface area (Å²) in [5, 5.41) is 9.37. The zero-order valence-electron chi connectivity index (χ0n) is 8.91. The van der Waals surface area contributed by atoms with Crippen molar-refractivity contribution in [2.24, 2.45) is 5.73 Å². The van der Waals surface area contributed by atoms with Crippen molar-refractivity contribution in [3.8, 4) is 0 Å². The van der Waals surface area contributed by atoms with Gasteiger partial charge >= 0.3 is 0 Å². The molecule has 3 nitrogen and oxygen atoms in total. The van der Waals surface area contributed by atoms with Crippen LogP contribution in [0.1, 0.15) is 29.7 Å². The van der Waals surface area contributed by atoms with Crippen molar-refractivity contribution >= 4 is 5.69 Å². The van der Waals surface area contributed by atoms with Crippen molar-refractivity contribution in [1.29, 1.82) is 0 Å². The molecule has 1 aromatic carbocycles. The molecule has 0 amide bonds. The van der Waals surface area contributed by atoms with Crippen molar-refractivity contribution in [2.45, 2.75) is 32.9 Å². The van der Waals surface area contributed by atoms with Crippen LogP contribution in [0.5, 0.6) is 0 Å². The van der Waals surface area contributed by atoms with E-state index in [1.165, 1.54) is 0 Å². The molecule has 1 aromatic rings. The van der Waals surface area contributed by atoms with Gasteiger partial charge in [-0.25, -0.2) is 0 Å². The number of benzene rings is 1. The minimum Gasteiger partial charge on any atom is -0.398 e. The predicted octanol–water partition coefficient (Wildman–Crippen LogP) is 1.27. The van der Waals surface area contributed by atoms with E-state index in [1.807, 2.05) is 26.0 Å². The van der Waals surface area contributed by atoms with Crippen molar-refractivity contribution in [1.82, 2.24) is 0 Å². The molecule has 0 aromatic heterocycles. The second-order valence-electron chi connectivity index (χ2n) is 3.83. The van der Waals surface area contributed by atoms with E-state index < -0.39 is 6.10 Å². The number of anilines is 1. The first-order valence-corrected chi connectivity index (χ1v) is 4.73. The van der Waals surface area contributed by atoms with E-state index in [-0.39, 0.29) is 6.04 Å². The summed E-state index contributed by atoms with van der Waals surface area (Å²) in [6.07, 6.45) is -0.544. The molecule has 0 bridgehead atoms. The Hall–Kier alpha value is -1.06. The van der Waals surface area contributed by atoms with Crippen LogP contribution in [0.2, 0.25) is 0 Å². The first-order valence-electron chi connectivity index (χ1n) is 4.73. The van der Waals surface area contributed by atoms with Gasteiger partial charge in [-0.05, 0) is 37.5 Å². The molecule has 0 aliphatic carbocycles. The Labute approximate surface area is 84.7 Å². The second-order valence-corrected chi connectivity index (χ2v) is 3.83. The second kappa shape index (κ2) is 3.98. The van der Waals surface area contributed by atoms with E-state index >= 15 is 0 Å². The third kappa shape index (κ3) is 2.05. The highest BCUT2D eigenvalue weighted by molar-refractivity contribution is 5.54. The van der Waals surface area contributed by atoms with Gasteiger partial charge < -0.3 is 16.6 Å². The standard InChI is InChI=1S/C11H18N2O/c1-6-4-9(11(13)8(3)14)5-7(2)10(6)12/h4-5,8,11,14H,12-13H2,1-3H3/t8-,11+/m0/s1. The molecular weight excluding hydrogens is 176 g/mol. The summed E-state index contributed by atoms with van der Waals surface area (Å²) in [6.45, 7) is 5.58. The summed E-state index contributed by atoms with van der Waals surface area (Å²) < 4.78 is 0. The summed E-state index contributed by atoms with van der Waals surface area (Å²) in [7, 11) is 0. The van der Waals surface area contributed by atoms with Gasteiger partial charge in [0, 0.05) is 5.69 Å². The molecule has 0 radical (unpaired) electrons. The average molecular weight is 194 g/mol. The Morgan fingerprint density at radius 3 is 2.00 bits per heavy atom. The van der Waals surface area contributed by atoms with Gasteiger partial charge in [0.05, 0.1) is 12.1 Å². The Balaban J connectivity index is 3.12. The van der Waals surface area contributed by atoms with Crippen LogP contribution in [0.15, 0.2) is 12.1 Å². The number of hydrogen-bond acceptors (Lipinski definition) is 3. The molecule has 0 aliphatic rings. The van der Waals surface area contributed by atoms with Crippen LogP contribution >= 0.6 is 0 Å². The molecular formula is C11H18N2O. The quantitative estimate of drug-likeness (QED) is 0.621. The first kappa shape index (κ1) is 11.0. The molecule has 2 atom stereocenters. The van der Waals surface area contributed by atoms with Gasteiger partial charge in [-0.1, -0.05) is 12.1 Å². The molecule has 0 fully saturated rings. The van der Waals surface area contributed by atoms with Crippen LogP contribution in [-0.2, 0) is 0 Å². The zero-order valence-corrected chi connectivity index (χ0v) is 8.91. The maximum Gasteiger partial charge on any atom is 0.0704 e. The Morgan fingerprint density at radius 2 is 1.64 bits per heavy atom. The highest BCUT2D eigenvalue weighted by atomic mass is 16.3. The molecule has 14 heavy (non-hydrogen) atoms. The third-order valence-electron chi connectivity index (χ3n) is 2.52. The fourth-order valence-electron chi connectivity index (χ4n) is 1.48. The van der Waals surface area contributed by atoms with Gasteiger partial charge in [-0.2, -0.15) is 0 Å². The summed E-state index contributed by atoms with van der Waals surface area (Å²) in [4.78, 5) is 0. The molecule has 0 saturated carbocycles. The van der Waals surface area contributed by atoms with Crippen molar-refractivity contribution in [2.75, 3.05) is 5.73 Å². The number of aliphatic hydroxyl groups excluding tert-OH is 1. The number of hydrogen-bond donors (Lipinski definition) is 3. The van der Waals surface area contributed by atoms with Crippen LogP contribution in [0.25, 0.3) is 0 Å². The molecule has 0 unspecified atom stereocenters. The zero-order chi connectivity index (χ0) is 10.9. The van der Waals surface area contributed by atoms with Gasteiger partial charge in [-0.15, -0.1) is 0 Å². The maximum absolute atomic E-state index is 9.37.